The topological polar surface area (TPSA) is 349 Å². The molecule has 7 rings (SSSR count). The van der Waals surface area contributed by atoms with Gasteiger partial charge in [-0.05, 0) is 44.2 Å². The van der Waals surface area contributed by atoms with Crippen LogP contribution >= 0.6 is 0 Å². The number of nitrogens with two attached hydrogens (primary N) is 2. The van der Waals surface area contributed by atoms with Crippen LogP contribution < -0.4 is 119 Å². The molecule has 3 aromatic heterocycles. The molecule has 4 N–H and O–H groups in total. The largest absolute Gasteiger partial charge is 1.00 e. The van der Waals surface area contributed by atoms with Gasteiger partial charge in [0.25, 0.3) is 30.1 Å². The molecule has 0 aliphatic carbocycles. The molecule has 6 aromatic rings. The van der Waals surface area contributed by atoms with Crippen molar-refractivity contribution in [1.29, 1.82) is 15.8 Å². The molecule has 0 spiro atoms. The van der Waals surface area contributed by atoms with Gasteiger partial charge in [-0.1, -0.05) is 0 Å². The molecule has 1 fully saturated rings. The number of carbonyl (C=O) groups excluding carboxylic acids is 1. The zero-order valence-electron chi connectivity index (χ0n) is 39.2. The maximum atomic E-state index is 12.4. The monoisotopic (exact) mass is 1000 g/mol. The first-order valence-corrected chi connectivity index (χ1v) is 19.2. The van der Waals surface area contributed by atoms with Gasteiger partial charge < -0.3 is 55.8 Å². The number of non-ortho nitro benzene ring substituents is 3. The van der Waals surface area contributed by atoms with E-state index in [9.17, 15) is 40.0 Å². The van der Waals surface area contributed by atoms with E-state index in [1.54, 1.807) is 37.0 Å². The second-order valence-electron chi connectivity index (χ2n) is 12.9. The van der Waals surface area contributed by atoms with E-state index in [4.69, 9.17) is 52.8 Å². The molecule has 0 amide bonds. The Morgan fingerprint density at radius 3 is 1.61 bits per heavy atom. The second-order valence-corrected chi connectivity index (χ2v) is 12.9. The fourth-order valence-electron chi connectivity index (χ4n) is 6.15. The molecule has 0 radical (unpaired) electrons. The van der Waals surface area contributed by atoms with Crippen LogP contribution in [-0.2, 0) is 37.0 Å². The van der Waals surface area contributed by atoms with Crippen LogP contribution in [0, 0.1) is 76.7 Å². The molecule has 1 aliphatic rings. The molecule has 352 valence electrons. The number of aryl methyl sites for hydroxylation is 2. The summed E-state index contributed by atoms with van der Waals surface area (Å²) in [6.45, 7) is 10.8. The predicted molar refractivity (Wildman–Crippen MR) is 236 cm³/mol. The molecule has 2 unspecified atom stereocenters. The van der Waals surface area contributed by atoms with Crippen LogP contribution in [0.3, 0.4) is 0 Å². The van der Waals surface area contributed by atoms with Crippen LogP contribution in [0.5, 0.6) is 0 Å². The standard InChI is InChI=1S/C15H12N4O2.C11H10N4O2.C6H5FN2O2.C6H12O3.C3H2N2.CH2O3.2K.H/c1-2-18-14-9-11(19(20)21)5-6-12(14)13(10-16)15(18)17-7-3-4-8-17;1-2-14-10-5-7(15(16)17)3-4-8(10)9(6-12)11(14)13;7-5-2-1-4(9(10)11)3-6(5)8;1-7-5-3-4-6(8-2)9-5;1-5-3-2-4;2-1-4-3;;;/h3-9H,2H2,1H3;3-5H,2,13H2,1H3;1-3H,8H2;5-6H,3-4H2,1-2H3;3H2;1,3H;;;/q;;;;;;2*+1;-1/p-1. The minimum atomic E-state index is -0.643. The first-order chi connectivity index (χ1) is 32.1. The van der Waals surface area contributed by atoms with Crippen molar-refractivity contribution in [1.82, 2.24) is 13.7 Å². The number of nitrogens with zero attached hydrogens (tertiary/aromatic N) is 10. The van der Waals surface area contributed by atoms with Crippen LogP contribution in [0.1, 0.15) is 39.2 Å². The van der Waals surface area contributed by atoms with E-state index < -0.39 is 20.6 Å². The summed E-state index contributed by atoms with van der Waals surface area (Å²) in [6.07, 6.45) is 5.50. The molecule has 69 heavy (non-hydrogen) atoms. The van der Waals surface area contributed by atoms with Gasteiger partial charge in [-0.2, -0.15) is 15.8 Å². The summed E-state index contributed by atoms with van der Waals surface area (Å²) >= 11 is 0. The molecular weight excluding hydrogens is 962 g/mol. The Kier molecular flexibility index (Phi) is 30.2. The van der Waals surface area contributed by atoms with Gasteiger partial charge in [-0.15, -0.1) is 0 Å². The summed E-state index contributed by atoms with van der Waals surface area (Å²) in [5, 5.41) is 67.7. The molecule has 3 aromatic carbocycles. The average molecular weight is 1010 g/mol. The fraction of sp³-hybridized carbons (Fsp3) is 0.262. The Balaban J connectivity index is 0. The van der Waals surface area contributed by atoms with Crippen molar-refractivity contribution in [2.45, 2.75) is 52.4 Å². The smallest absolute Gasteiger partial charge is 1.00 e. The summed E-state index contributed by atoms with van der Waals surface area (Å²) in [6, 6.07) is 21.6. The normalized spacial score (nSPS) is 12.6. The summed E-state index contributed by atoms with van der Waals surface area (Å²) < 4.78 is 33.0. The minimum absolute atomic E-state index is 0. The van der Waals surface area contributed by atoms with Crippen LogP contribution in [0.4, 0.5) is 33.0 Å². The average Bonchev–Trinajstić information content (AvgIpc) is 4.15. The molecular formula is C42H43FK2N12O12. The van der Waals surface area contributed by atoms with Gasteiger partial charge in [-0.25, -0.2) is 11.0 Å². The number of halogens is 1. The first-order valence-electron chi connectivity index (χ1n) is 19.2. The number of ether oxygens (including phenoxy) is 3. The number of benzene rings is 3. The number of aromatic nitrogens is 3. The molecule has 1 saturated heterocycles. The summed E-state index contributed by atoms with van der Waals surface area (Å²) in [5.74, 6) is 0.446. The Hall–Kier alpha value is -5.71. The molecule has 1 aliphatic heterocycles. The van der Waals surface area contributed by atoms with E-state index >= 15 is 0 Å². The van der Waals surface area contributed by atoms with E-state index in [1.807, 2.05) is 53.6 Å². The number of fused-ring (bicyclic) bond motifs is 2. The number of carbonyl (C=O) groups is 1. The number of methoxy groups -OCH3 is 2. The third-order valence-electron chi connectivity index (χ3n) is 9.08. The van der Waals surface area contributed by atoms with Gasteiger partial charge in [-0.3, -0.25) is 35.1 Å². The third-order valence-corrected chi connectivity index (χ3v) is 9.08. The number of nitro benzene ring substituents is 3. The van der Waals surface area contributed by atoms with Gasteiger partial charge in [0.05, 0.1) is 31.5 Å². The van der Waals surface area contributed by atoms with Crippen molar-refractivity contribution in [2.24, 2.45) is 0 Å². The molecule has 0 bridgehead atoms. The van der Waals surface area contributed by atoms with E-state index in [0.29, 0.717) is 46.5 Å². The maximum absolute atomic E-state index is 12.4. The third kappa shape index (κ3) is 18.0. The molecule has 4 heterocycles. The Morgan fingerprint density at radius 1 is 0.826 bits per heavy atom. The van der Waals surface area contributed by atoms with Crippen molar-refractivity contribution in [3.05, 3.63) is 138 Å². The minimum Gasteiger partial charge on any atom is -1.00 e. The number of hydrogen-bond acceptors (Lipinski definition) is 17. The Labute approximate surface area is 479 Å². The van der Waals surface area contributed by atoms with Crippen molar-refractivity contribution in [3.63, 3.8) is 0 Å². The van der Waals surface area contributed by atoms with Crippen molar-refractivity contribution < 1.29 is 153 Å². The van der Waals surface area contributed by atoms with E-state index in [-0.39, 0.29) is 153 Å². The number of nitrogen functional groups attached to an aromatic ring is 2. The van der Waals surface area contributed by atoms with Gasteiger partial charge >= 0.3 is 103 Å². The van der Waals surface area contributed by atoms with Crippen LogP contribution in [-0.4, -0.2) is 68.3 Å². The molecule has 24 nitrogen and oxygen atoms in total. The molecule has 27 heteroatoms. The van der Waals surface area contributed by atoms with Crippen LogP contribution in [0.15, 0.2) is 79.1 Å². The fourth-order valence-corrected chi connectivity index (χ4v) is 6.15. The SMILES string of the molecule is CCn1c(-n2cccc2)c(C#N)c2ccc([N+](=O)[O-])cc21.CCn1c(N)c(C#N)c2ccc([N+](=O)[O-])cc21.COC1CCC(OC)O1.Nc1cc([N+](=O)[O-])ccc1F.O=CO[O-].[C-]#[N+]CC#N.[H-].[K+].[K+]. The van der Waals surface area contributed by atoms with Crippen molar-refractivity contribution in [3.8, 4) is 24.0 Å². The van der Waals surface area contributed by atoms with E-state index in [1.165, 1.54) is 24.3 Å². The van der Waals surface area contributed by atoms with Crippen LogP contribution in [0.25, 0.3) is 32.5 Å². The van der Waals surface area contributed by atoms with E-state index in [2.05, 4.69) is 15.8 Å². The summed E-state index contributed by atoms with van der Waals surface area (Å²) in [5.41, 5.74) is 12.7. The number of anilines is 2. The Bertz CT molecular complexity index is 2820. The summed E-state index contributed by atoms with van der Waals surface area (Å²) in [4.78, 5) is 44.2. The first kappa shape index (κ1) is 63.3. The summed E-state index contributed by atoms with van der Waals surface area (Å²) in [7, 11) is 3.28. The van der Waals surface area contributed by atoms with Crippen molar-refractivity contribution >= 4 is 56.8 Å². The zero-order chi connectivity index (χ0) is 50.2. The van der Waals surface area contributed by atoms with Crippen molar-refractivity contribution in [2.75, 3.05) is 32.2 Å². The van der Waals surface area contributed by atoms with Gasteiger partial charge in [0.15, 0.2) is 12.6 Å². The quantitative estimate of drug-likeness (QED) is 0.0287. The van der Waals surface area contributed by atoms with Gasteiger partial charge in [0, 0.05) is 99.7 Å². The van der Waals surface area contributed by atoms with E-state index in [0.717, 1.165) is 42.2 Å². The Morgan fingerprint density at radius 2 is 1.26 bits per heavy atom. The second kappa shape index (κ2) is 32.9. The number of hydrogen-bond donors (Lipinski definition) is 2. The van der Waals surface area contributed by atoms with Gasteiger partial charge in [0.2, 0.25) is 0 Å². The number of rotatable bonds is 9. The predicted octanol–water partition coefficient (Wildman–Crippen LogP) is 0.297. The molecule has 0 saturated carbocycles. The molecule has 2 atom stereocenters. The number of nitro groups is 3. The van der Waals surface area contributed by atoms with Crippen LogP contribution in [0.2, 0.25) is 0 Å². The zero-order valence-corrected chi connectivity index (χ0v) is 44.4. The number of nitriles is 3. The van der Waals surface area contributed by atoms with Gasteiger partial charge in [0.1, 0.15) is 46.8 Å². The maximum Gasteiger partial charge on any atom is 1.00 e.